The summed E-state index contributed by atoms with van der Waals surface area (Å²) in [6.07, 6.45) is 0. The highest BCUT2D eigenvalue weighted by Crippen LogP contribution is 2.29. The maximum atomic E-state index is 11.8. The number of carbonyl (C=O) groups excluding carboxylic acids is 1. The van der Waals surface area contributed by atoms with Gasteiger partial charge >= 0.3 is 5.97 Å². The molecule has 2 aromatic carbocycles. The van der Waals surface area contributed by atoms with Crippen LogP contribution >= 0.6 is 12.2 Å². The topological polar surface area (TPSA) is 68.8 Å². The normalized spacial score (nSPS) is 9.79. The molecular formula is C17H18N2O4S. The van der Waals surface area contributed by atoms with Gasteiger partial charge in [-0.25, -0.2) is 4.79 Å². The zero-order valence-electron chi connectivity index (χ0n) is 13.6. The van der Waals surface area contributed by atoms with E-state index >= 15 is 0 Å². The van der Waals surface area contributed by atoms with Gasteiger partial charge in [-0.05, 0) is 36.5 Å². The van der Waals surface area contributed by atoms with Crippen molar-refractivity contribution in [2.24, 2.45) is 0 Å². The molecule has 0 saturated heterocycles. The molecule has 0 spiro atoms. The Kier molecular flexibility index (Phi) is 5.97. The van der Waals surface area contributed by atoms with Gasteiger partial charge in [0.15, 0.2) is 5.11 Å². The van der Waals surface area contributed by atoms with Crippen LogP contribution in [-0.2, 0) is 4.74 Å². The number of hydrogen-bond donors (Lipinski definition) is 2. The van der Waals surface area contributed by atoms with E-state index in [1.807, 2.05) is 0 Å². The number of hydrogen-bond acceptors (Lipinski definition) is 5. The summed E-state index contributed by atoms with van der Waals surface area (Å²) < 4.78 is 15.2. The molecule has 0 radical (unpaired) electrons. The monoisotopic (exact) mass is 346 g/mol. The van der Waals surface area contributed by atoms with Crippen molar-refractivity contribution in [2.45, 2.75) is 0 Å². The summed E-state index contributed by atoms with van der Waals surface area (Å²) >= 11 is 5.31. The van der Waals surface area contributed by atoms with E-state index < -0.39 is 5.97 Å². The fourth-order valence-electron chi connectivity index (χ4n) is 2.06. The van der Waals surface area contributed by atoms with Crippen LogP contribution in [0.4, 0.5) is 11.4 Å². The number of thiocarbonyl (C=S) groups is 1. The van der Waals surface area contributed by atoms with Crippen LogP contribution in [-0.4, -0.2) is 32.4 Å². The van der Waals surface area contributed by atoms with Crippen molar-refractivity contribution in [3.63, 3.8) is 0 Å². The molecule has 2 N–H and O–H groups in total. The average Bonchev–Trinajstić information content (AvgIpc) is 2.61. The van der Waals surface area contributed by atoms with E-state index in [4.69, 9.17) is 26.4 Å². The van der Waals surface area contributed by atoms with E-state index in [0.29, 0.717) is 33.5 Å². The maximum absolute atomic E-state index is 11.8. The van der Waals surface area contributed by atoms with E-state index in [-0.39, 0.29) is 0 Å². The third-order valence-electron chi connectivity index (χ3n) is 3.24. The Labute approximate surface area is 145 Å². The predicted molar refractivity (Wildman–Crippen MR) is 97.2 cm³/mol. The second kappa shape index (κ2) is 8.16. The van der Waals surface area contributed by atoms with Gasteiger partial charge in [-0.2, -0.15) is 0 Å². The summed E-state index contributed by atoms with van der Waals surface area (Å²) in [6.45, 7) is 0. The van der Waals surface area contributed by atoms with Gasteiger partial charge in [-0.15, -0.1) is 0 Å². The Morgan fingerprint density at radius 1 is 0.958 bits per heavy atom. The minimum atomic E-state index is -0.442. The fourth-order valence-corrected chi connectivity index (χ4v) is 2.28. The summed E-state index contributed by atoms with van der Waals surface area (Å²) in [5.41, 5.74) is 1.62. The van der Waals surface area contributed by atoms with E-state index in [1.54, 1.807) is 56.7 Å². The first-order valence-electron chi connectivity index (χ1n) is 7.06. The van der Waals surface area contributed by atoms with Crippen LogP contribution in [0.3, 0.4) is 0 Å². The number of esters is 1. The van der Waals surface area contributed by atoms with E-state index in [1.165, 1.54) is 7.11 Å². The molecule has 0 saturated carbocycles. The number of methoxy groups -OCH3 is 3. The second-order valence-electron chi connectivity index (χ2n) is 4.68. The molecule has 0 aromatic heterocycles. The van der Waals surface area contributed by atoms with Crippen molar-refractivity contribution >= 4 is 34.7 Å². The van der Waals surface area contributed by atoms with Gasteiger partial charge in [-0.1, -0.05) is 12.1 Å². The van der Waals surface area contributed by atoms with Crippen molar-refractivity contribution in [3.05, 3.63) is 48.0 Å². The van der Waals surface area contributed by atoms with E-state index in [0.717, 1.165) is 0 Å². The molecular weight excluding hydrogens is 328 g/mol. The second-order valence-corrected chi connectivity index (χ2v) is 5.09. The van der Waals surface area contributed by atoms with Crippen LogP contribution < -0.4 is 20.1 Å². The Hall–Kier alpha value is -2.80. The molecule has 0 heterocycles. The first-order valence-corrected chi connectivity index (χ1v) is 7.47. The van der Waals surface area contributed by atoms with Crippen molar-refractivity contribution in [3.8, 4) is 11.5 Å². The van der Waals surface area contributed by atoms with E-state index in [9.17, 15) is 4.79 Å². The van der Waals surface area contributed by atoms with Gasteiger partial charge in [0.2, 0.25) is 0 Å². The fraction of sp³-hybridized carbons (Fsp3) is 0.176. The zero-order valence-corrected chi connectivity index (χ0v) is 14.4. The van der Waals surface area contributed by atoms with Crippen molar-refractivity contribution in [2.75, 3.05) is 32.0 Å². The number of nitrogens with one attached hydrogen (secondary N) is 2. The number of benzene rings is 2. The zero-order chi connectivity index (χ0) is 17.5. The van der Waals surface area contributed by atoms with Crippen molar-refractivity contribution < 1.29 is 19.0 Å². The van der Waals surface area contributed by atoms with Crippen LogP contribution in [0, 0.1) is 0 Å². The smallest absolute Gasteiger partial charge is 0.339 e. The minimum absolute atomic E-state index is 0.315. The highest BCUT2D eigenvalue weighted by Gasteiger charge is 2.13. The minimum Gasteiger partial charge on any atom is -0.497 e. The van der Waals surface area contributed by atoms with Gasteiger partial charge in [0, 0.05) is 6.07 Å². The number of anilines is 2. The predicted octanol–water partition coefficient (Wildman–Crippen LogP) is 3.30. The van der Waals surface area contributed by atoms with Crippen LogP contribution in [0.25, 0.3) is 0 Å². The number of para-hydroxylation sites is 1. The lowest BCUT2D eigenvalue weighted by Gasteiger charge is -2.15. The maximum Gasteiger partial charge on any atom is 0.339 e. The molecule has 2 rings (SSSR count). The highest BCUT2D eigenvalue weighted by molar-refractivity contribution is 7.80. The first-order chi connectivity index (χ1) is 11.6. The van der Waals surface area contributed by atoms with Gasteiger partial charge in [0.25, 0.3) is 0 Å². The molecule has 0 atom stereocenters. The van der Waals surface area contributed by atoms with Crippen LogP contribution in [0.1, 0.15) is 10.4 Å². The third-order valence-corrected chi connectivity index (χ3v) is 3.44. The quantitative estimate of drug-likeness (QED) is 0.636. The van der Waals surface area contributed by atoms with Gasteiger partial charge in [-0.3, -0.25) is 0 Å². The van der Waals surface area contributed by atoms with Gasteiger partial charge < -0.3 is 24.8 Å². The lowest BCUT2D eigenvalue weighted by atomic mass is 10.2. The van der Waals surface area contributed by atoms with Crippen LogP contribution in [0.5, 0.6) is 11.5 Å². The molecule has 0 aliphatic carbocycles. The highest BCUT2D eigenvalue weighted by atomic mass is 32.1. The summed E-state index contributed by atoms with van der Waals surface area (Å²) in [7, 11) is 4.47. The number of rotatable bonds is 5. The SMILES string of the molecule is COC(=O)c1ccccc1NC(=S)Nc1ccc(OC)cc1OC. The molecule has 0 aliphatic rings. The molecule has 0 fully saturated rings. The van der Waals surface area contributed by atoms with Crippen molar-refractivity contribution in [1.29, 1.82) is 0 Å². The standard InChI is InChI=1S/C17H18N2O4S/c1-21-11-8-9-14(15(10-11)22-2)19-17(24)18-13-7-5-4-6-12(13)16(20)23-3/h4-10H,1-3H3,(H2,18,19,24). The van der Waals surface area contributed by atoms with Gasteiger partial charge in [0.1, 0.15) is 11.5 Å². The Morgan fingerprint density at radius 2 is 1.67 bits per heavy atom. The van der Waals surface area contributed by atoms with Crippen LogP contribution in [0.15, 0.2) is 42.5 Å². The molecule has 6 nitrogen and oxygen atoms in total. The Balaban J connectivity index is 2.16. The molecule has 0 amide bonds. The first kappa shape index (κ1) is 17.6. The number of ether oxygens (including phenoxy) is 3. The molecule has 0 bridgehead atoms. The van der Waals surface area contributed by atoms with Gasteiger partial charge in [0.05, 0.1) is 38.3 Å². The Bertz CT molecular complexity index is 749. The summed E-state index contributed by atoms with van der Waals surface area (Å²) in [6, 6.07) is 12.3. The molecule has 0 aliphatic heterocycles. The van der Waals surface area contributed by atoms with E-state index in [2.05, 4.69) is 10.6 Å². The summed E-state index contributed by atoms with van der Waals surface area (Å²) in [4.78, 5) is 11.8. The third kappa shape index (κ3) is 4.14. The number of carbonyl (C=O) groups is 1. The largest absolute Gasteiger partial charge is 0.497 e. The molecule has 24 heavy (non-hydrogen) atoms. The summed E-state index contributed by atoms with van der Waals surface area (Å²) in [5.74, 6) is 0.815. The van der Waals surface area contributed by atoms with Crippen molar-refractivity contribution in [1.82, 2.24) is 0 Å². The lowest BCUT2D eigenvalue weighted by molar-refractivity contribution is 0.0602. The summed E-state index contributed by atoms with van der Waals surface area (Å²) in [5, 5.41) is 6.33. The molecule has 7 heteroatoms. The molecule has 126 valence electrons. The van der Waals surface area contributed by atoms with Crippen LogP contribution in [0.2, 0.25) is 0 Å². The lowest BCUT2D eigenvalue weighted by Crippen LogP contribution is -2.21. The molecule has 0 unspecified atom stereocenters. The molecule has 2 aromatic rings. The average molecular weight is 346 g/mol. The Morgan fingerprint density at radius 3 is 2.33 bits per heavy atom.